The Morgan fingerprint density at radius 3 is 2.43 bits per heavy atom. The van der Waals surface area contributed by atoms with E-state index in [9.17, 15) is 0 Å². The van der Waals surface area contributed by atoms with Crippen molar-refractivity contribution in [3.8, 4) is 5.75 Å². The first-order valence-corrected chi connectivity index (χ1v) is 7.39. The van der Waals surface area contributed by atoms with Crippen LogP contribution in [0.3, 0.4) is 0 Å². The zero-order valence-electron chi connectivity index (χ0n) is 12.7. The number of benzene rings is 1. The van der Waals surface area contributed by atoms with E-state index in [1.165, 1.54) is 5.56 Å². The van der Waals surface area contributed by atoms with Crippen molar-refractivity contribution in [2.24, 2.45) is 5.84 Å². The molecular weight excluding hydrogens is 262 g/mol. The number of ether oxygens (including phenoxy) is 1. The highest BCUT2D eigenvalue weighted by molar-refractivity contribution is 5.30. The third-order valence-corrected chi connectivity index (χ3v) is 3.50. The van der Waals surface area contributed by atoms with Crippen molar-refractivity contribution in [3.63, 3.8) is 0 Å². The Kier molecular flexibility index (Phi) is 5.72. The fraction of sp³-hybridized carbons (Fsp3) is 0.353. The predicted octanol–water partition coefficient (Wildman–Crippen LogP) is 2.79. The molecule has 0 saturated heterocycles. The second-order valence-corrected chi connectivity index (χ2v) is 4.94. The van der Waals surface area contributed by atoms with Gasteiger partial charge in [0.1, 0.15) is 5.75 Å². The van der Waals surface area contributed by atoms with Crippen LogP contribution in [-0.4, -0.2) is 11.6 Å². The van der Waals surface area contributed by atoms with Gasteiger partial charge in [-0.25, -0.2) is 0 Å². The molecular formula is C17H23N3O. The minimum atomic E-state index is 0.0423. The van der Waals surface area contributed by atoms with Gasteiger partial charge in [0.25, 0.3) is 0 Å². The van der Waals surface area contributed by atoms with Crippen molar-refractivity contribution in [3.05, 3.63) is 59.4 Å². The van der Waals surface area contributed by atoms with E-state index in [1.807, 2.05) is 37.4 Å². The molecule has 4 nitrogen and oxygen atoms in total. The monoisotopic (exact) mass is 285 g/mol. The van der Waals surface area contributed by atoms with Crippen LogP contribution in [-0.2, 0) is 12.8 Å². The summed E-state index contributed by atoms with van der Waals surface area (Å²) in [6.45, 7) is 4.77. The van der Waals surface area contributed by atoms with Crippen LogP contribution in [0.2, 0.25) is 0 Å². The summed E-state index contributed by atoms with van der Waals surface area (Å²) >= 11 is 0. The van der Waals surface area contributed by atoms with E-state index in [0.29, 0.717) is 6.61 Å². The zero-order chi connectivity index (χ0) is 15.1. The maximum atomic E-state index is 5.70. The third-order valence-electron chi connectivity index (χ3n) is 3.50. The van der Waals surface area contributed by atoms with Crippen LogP contribution >= 0.6 is 0 Å². The molecule has 2 aromatic rings. The fourth-order valence-corrected chi connectivity index (χ4v) is 2.23. The fourth-order valence-electron chi connectivity index (χ4n) is 2.23. The second kappa shape index (κ2) is 7.76. The van der Waals surface area contributed by atoms with Crippen LogP contribution < -0.4 is 16.0 Å². The lowest BCUT2D eigenvalue weighted by molar-refractivity contribution is 0.340. The predicted molar refractivity (Wildman–Crippen MR) is 85.0 cm³/mol. The van der Waals surface area contributed by atoms with Gasteiger partial charge in [0.05, 0.1) is 12.6 Å². The van der Waals surface area contributed by atoms with Gasteiger partial charge in [0.15, 0.2) is 0 Å². The van der Waals surface area contributed by atoms with Gasteiger partial charge in [-0.2, -0.15) is 0 Å². The maximum Gasteiger partial charge on any atom is 0.119 e. The molecule has 0 aliphatic carbocycles. The van der Waals surface area contributed by atoms with Crippen LogP contribution in [0.4, 0.5) is 0 Å². The van der Waals surface area contributed by atoms with Crippen LogP contribution in [0.5, 0.6) is 5.75 Å². The summed E-state index contributed by atoms with van der Waals surface area (Å²) in [6, 6.07) is 12.2. The quantitative estimate of drug-likeness (QED) is 0.606. The maximum absolute atomic E-state index is 5.70. The number of pyridine rings is 1. The number of nitrogens with two attached hydrogens (primary N) is 1. The van der Waals surface area contributed by atoms with Gasteiger partial charge in [-0.1, -0.05) is 25.1 Å². The minimum absolute atomic E-state index is 0.0423. The third kappa shape index (κ3) is 4.28. The summed E-state index contributed by atoms with van der Waals surface area (Å²) in [5.41, 5.74) is 6.27. The molecule has 0 aliphatic rings. The largest absolute Gasteiger partial charge is 0.494 e. The van der Waals surface area contributed by atoms with Gasteiger partial charge < -0.3 is 4.74 Å². The summed E-state index contributed by atoms with van der Waals surface area (Å²) in [7, 11) is 0. The highest BCUT2D eigenvalue weighted by atomic mass is 16.5. The molecule has 0 bridgehead atoms. The molecule has 2 rings (SSSR count). The highest BCUT2D eigenvalue weighted by Gasteiger charge is 2.11. The standard InChI is InChI=1S/C17H23N3O/c1-3-13-5-8-15(19-12-13)11-17(20-18)14-6-9-16(10-7-14)21-4-2/h5-10,12,17,20H,3-4,11,18H2,1-2H3. The first kappa shape index (κ1) is 15.5. The Balaban J connectivity index is 2.07. The number of aryl methyl sites for hydroxylation is 1. The van der Waals surface area contributed by atoms with Crippen molar-refractivity contribution in [1.29, 1.82) is 0 Å². The molecule has 1 heterocycles. The Morgan fingerprint density at radius 1 is 1.14 bits per heavy atom. The molecule has 112 valence electrons. The van der Waals surface area contributed by atoms with Crippen LogP contribution in [0.15, 0.2) is 42.6 Å². The number of aromatic nitrogens is 1. The lowest BCUT2D eigenvalue weighted by Crippen LogP contribution is -2.29. The van der Waals surface area contributed by atoms with Crippen molar-refractivity contribution < 1.29 is 4.74 Å². The Morgan fingerprint density at radius 2 is 1.90 bits per heavy atom. The van der Waals surface area contributed by atoms with E-state index in [1.54, 1.807) is 0 Å². The van der Waals surface area contributed by atoms with Gasteiger partial charge in [0, 0.05) is 18.3 Å². The number of nitrogens with one attached hydrogen (secondary N) is 1. The normalized spacial score (nSPS) is 12.1. The molecule has 1 aromatic heterocycles. The molecule has 0 radical (unpaired) electrons. The molecule has 21 heavy (non-hydrogen) atoms. The van der Waals surface area contributed by atoms with Gasteiger partial charge >= 0.3 is 0 Å². The second-order valence-electron chi connectivity index (χ2n) is 4.94. The van der Waals surface area contributed by atoms with Crippen LogP contribution in [0.1, 0.15) is 36.7 Å². The van der Waals surface area contributed by atoms with Gasteiger partial charge in [-0.15, -0.1) is 0 Å². The van der Waals surface area contributed by atoms with Crippen molar-refractivity contribution in [1.82, 2.24) is 10.4 Å². The lowest BCUT2D eigenvalue weighted by Gasteiger charge is -2.16. The molecule has 3 N–H and O–H groups in total. The molecule has 1 unspecified atom stereocenters. The number of hydrogen-bond donors (Lipinski definition) is 2. The van der Waals surface area contributed by atoms with Gasteiger partial charge in [0.2, 0.25) is 0 Å². The summed E-state index contributed by atoms with van der Waals surface area (Å²) in [5, 5.41) is 0. The average molecular weight is 285 g/mol. The van der Waals surface area contributed by atoms with E-state index >= 15 is 0 Å². The number of rotatable bonds is 7. The van der Waals surface area contributed by atoms with E-state index in [-0.39, 0.29) is 6.04 Å². The Hall–Kier alpha value is -1.91. The lowest BCUT2D eigenvalue weighted by atomic mass is 10.0. The molecule has 0 fully saturated rings. The van der Waals surface area contributed by atoms with E-state index in [0.717, 1.165) is 29.8 Å². The average Bonchev–Trinajstić information content (AvgIpc) is 2.54. The van der Waals surface area contributed by atoms with Crippen LogP contribution in [0, 0.1) is 0 Å². The first-order chi connectivity index (χ1) is 10.3. The minimum Gasteiger partial charge on any atom is -0.494 e. The van der Waals surface area contributed by atoms with Crippen molar-refractivity contribution >= 4 is 0 Å². The van der Waals surface area contributed by atoms with Crippen LogP contribution in [0.25, 0.3) is 0 Å². The number of hydrogen-bond acceptors (Lipinski definition) is 4. The highest BCUT2D eigenvalue weighted by Crippen LogP contribution is 2.20. The number of hydrazine groups is 1. The SMILES string of the molecule is CCOc1ccc(C(Cc2ccc(CC)cn2)NN)cc1. The van der Waals surface area contributed by atoms with Crippen molar-refractivity contribution in [2.45, 2.75) is 32.7 Å². The van der Waals surface area contributed by atoms with E-state index in [2.05, 4.69) is 29.5 Å². The first-order valence-electron chi connectivity index (χ1n) is 7.39. The summed E-state index contributed by atoms with van der Waals surface area (Å²) in [4.78, 5) is 4.49. The topological polar surface area (TPSA) is 60.2 Å². The zero-order valence-corrected chi connectivity index (χ0v) is 12.7. The molecule has 1 aromatic carbocycles. The molecule has 0 amide bonds. The molecule has 0 saturated carbocycles. The number of nitrogens with zero attached hydrogens (tertiary/aromatic N) is 1. The summed E-state index contributed by atoms with van der Waals surface area (Å²) in [6.07, 6.45) is 3.69. The van der Waals surface area contributed by atoms with E-state index < -0.39 is 0 Å². The Labute approximate surface area is 126 Å². The molecule has 0 spiro atoms. The van der Waals surface area contributed by atoms with Gasteiger partial charge in [-0.3, -0.25) is 16.3 Å². The smallest absolute Gasteiger partial charge is 0.119 e. The molecule has 0 aliphatic heterocycles. The molecule has 1 atom stereocenters. The summed E-state index contributed by atoms with van der Waals surface area (Å²) in [5.74, 6) is 6.57. The van der Waals surface area contributed by atoms with Crippen molar-refractivity contribution in [2.75, 3.05) is 6.61 Å². The molecule has 4 heteroatoms. The summed E-state index contributed by atoms with van der Waals surface area (Å²) < 4.78 is 5.45. The Bertz CT molecular complexity index is 537. The van der Waals surface area contributed by atoms with Gasteiger partial charge in [-0.05, 0) is 42.7 Å². The van der Waals surface area contributed by atoms with E-state index in [4.69, 9.17) is 10.6 Å².